The molecule has 1 heterocycles. The molecule has 0 bridgehead atoms. The van der Waals surface area contributed by atoms with Crippen molar-refractivity contribution in [1.82, 2.24) is 15.3 Å². The van der Waals surface area contributed by atoms with Crippen LogP contribution in [0.4, 0.5) is 0 Å². The lowest BCUT2D eigenvalue weighted by Gasteiger charge is -2.05. The predicted molar refractivity (Wildman–Crippen MR) is 69.4 cm³/mol. The van der Waals surface area contributed by atoms with Crippen LogP contribution in [-0.4, -0.2) is 15.9 Å². The van der Waals surface area contributed by atoms with Gasteiger partial charge in [-0.1, -0.05) is 23.7 Å². The van der Waals surface area contributed by atoms with Crippen molar-refractivity contribution in [3.05, 3.63) is 58.6 Å². The first kappa shape index (κ1) is 13.0. The zero-order valence-corrected chi connectivity index (χ0v) is 10.6. The van der Waals surface area contributed by atoms with Gasteiger partial charge < -0.3 is 5.32 Å². The first-order chi connectivity index (χ1) is 9.19. The minimum absolute atomic E-state index is 0.156. The average molecular weight is 273 g/mol. The van der Waals surface area contributed by atoms with Crippen molar-refractivity contribution in [2.24, 2.45) is 0 Å². The Morgan fingerprint density at radius 1 is 1.42 bits per heavy atom. The number of rotatable bonds is 3. The predicted octanol–water partition coefficient (Wildman–Crippen LogP) is 1.93. The van der Waals surface area contributed by atoms with Crippen molar-refractivity contribution in [2.45, 2.75) is 6.54 Å². The third-order valence-corrected chi connectivity index (χ3v) is 2.53. The summed E-state index contributed by atoms with van der Waals surface area (Å²) in [6.45, 7) is 0.308. The van der Waals surface area contributed by atoms with E-state index in [1.54, 1.807) is 18.2 Å². The third kappa shape index (κ3) is 3.50. The second-order valence-corrected chi connectivity index (χ2v) is 4.11. The maximum atomic E-state index is 11.8. The molecule has 19 heavy (non-hydrogen) atoms. The number of hydrogen-bond acceptors (Lipinski definition) is 4. The molecule has 1 aromatic carbocycles. The average Bonchev–Trinajstić information content (AvgIpc) is 2.45. The van der Waals surface area contributed by atoms with Gasteiger partial charge in [0, 0.05) is 6.54 Å². The van der Waals surface area contributed by atoms with Crippen LogP contribution >= 0.6 is 11.6 Å². The van der Waals surface area contributed by atoms with Crippen molar-refractivity contribution in [3.8, 4) is 6.07 Å². The molecule has 0 saturated carbocycles. The third-order valence-electron chi connectivity index (χ3n) is 2.35. The second-order valence-electron chi connectivity index (χ2n) is 3.72. The summed E-state index contributed by atoms with van der Waals surface area (Å²) in [4.78, 5) is 19.4. The summed E-state index contributed by atoms with van der Waals surface area (Å²) in [6.07, 6.45) is 2.70. The summed E-state index contributed by atoms with van der Waals surface area (Å²) < 4.78 is 0. The van der Waals surface area contributed by atoms with Crippen molar-refractivity contribution in [1.29, 1.82) is 5.26 Å². The number of nitriles is 1. The van der Waals surface area contributed by atoms with Crippen LogP contribution in [0.25, 0.3) is 0 Å². The van der Waals surface area contributed by atoms with E-state index < -0.39 is 0 Å². The van der Waals surface area contributed by atoms with Crippen LogP contribution in [-0.2, 0) is 6.54 Å². The van der Waals surface area contributed by atoms with E-state index in [0.717, 1.165) is 5.56 Å². The number of nitrogens with zero attached hydrogens (tertiary/aromatic N) is 3. The van der Waals surface area contributed by atoms with Gasteiger partial charge in [0.05, 0.1) is 24.0 Å². The Bertz CT molecular complexity index is 651. The van der Waals surface area contributed by atoms with Crippen molar-refractivity contribution in [2.75, 3.05) is 0 Å². The highest BCUT2D eigenvalue weighted by Gasteiger charge is 2.08. The SMILES string of the molecule is N#Cc1cccc(CNC(=O)c2cncc(Cl)n2)c1. The molecular formula is C13H9ClN4O. The van der Waals surface area contributed by atoms with E-state index in [0.29, 0.717) is 12.1 Å². The van der Waals surface area contributed by atoms with Gasteiger partial charge in [-0.25, -0.2) is 4.98 Å². The standard InChI is InChI=1S/C13H9ClN4O/c14-12-8-16-7-11(18-12)13(19)17-6-10-3-1-2-9(4-10)5-15/h1-4,7-8H,6H2,(H,17,19). The topological polar surface area (TPSA) is 78.7 Å². The van der Waals surface area contributed by atoms with Crippen LogP contribution in [0.15, 0.2) is 36.7 Å². The molecule has 5 nitrogen and oxygen atoms in total. The number of aromatic nitrogens is 2. The summed E-state index contributed by atoms with van der Waals surface area (Å²) in [6, 6.07) is 9.04. The van der Waals surface area contributed by atoms with E-state index in [1.165, 1.54) is 12.4 Å². The van der Waals surface area contributed by atoms with Crippen molar-refractivity contribution in [3.63, 3.8) is 0 Å². The Hall–Kier alpha value is -2.45. The van der Waals surface area contributed by atoms with Gasteiger partial charge in [-0.15, -0.1) is 0 Å². The number of carbonyl (C=O) groups is 1. The number of benzene rings is 1. The Kier molecular flexibility index (Phi) is 4.06. The van der Waals surface area contributed by atoms with Crippen molar-refractivity contribution >= 4 is 17.5 Å². The molecule has 1 amide bonds. The molecule has 0 saturated heterocycles. The molecule has 0 aliphatic rings. The fourth-order valence-electron chi connectivity index (χ4n) is 1.48. The van der Waals surface area contributed by atoms with E-state index >= 15 is 0 Å². The first-order valence-corrected chi connectivity index (χ1v) is 5.81. The fourth-order valence-corrected chi connectivity index (χ4v) is 1.62. The Morgan fingerprint density at radius 2 is 2.26 bits per heavy atom. The summed E-state index contributed by atoms with van der Waals surface area (Å²) in [7, 11) is 0. The molecule has 2 aromatic rings. The Labute approximate surface area is 114 Å². The summed E-state index contributed by atoms with van der Waals surface area (Å²) in [5, 5.41) is 11.6. The minimum atomic E-state index is -0.364. The van der Waals surface area contributed by atoms with Crippen LogP contribution < -0.4 is 5.32 Å². The van der Waals surface area contributed by atoms with Gasteiger partial charge in [-0.05, 0) is 17.7 Å². The van der Waals surface area contributed by atoms with E-state index in [1.807, 2.05) is 12.1 Å². The maximum Gasteiger partial charge on any atom is 0.271 e. The van der Waals surface area contributed by atoms with Crippen LogP contribution in [0, 0.1) is 11.3 Å². The molecule has 0 fully saturated rings. The number of hydrogen-bond donors (Lipinski definition) is 1. The quantitative estimate of drug-likeness (QED) is 0.926. The lowest BCUT2D eigenvalue weighted by Crippen LogP contribution is -2.24. The first-order valence-electron chi connectivity index (χ1n) is 5.44. The lowest BCUT2D eigenvalue weighted by atomic mass is 10.1. The van der Waals surface area contributed by atoms with Crippen LogP contribution in [0.1, 0.15) is 21.6 Å². The molecule has 0 unspecified atom stereocenters. The van der Waals surface area contributed by atoms with Gasteiger partial charge in [0.15, 0.2) is 0 Å². The minimum Gasteiger partial charge on any atom is -0.347 e. The highest BCUT2D eigenvalue weighted by molar-refractivity contribution is 6.29. The molecule has 2 rings (SSSR count). The number of halogens is 1. The number of carbonyl (C=O) groups excluding carboxylic acids is 1. The van der Waals surface area contributed by atoms with E-state index in [4.69, 9.17) is 16.9 Å². The zero-order chi connectivity index (χ0) is 13.7. The van der Waals surface area contributed by atoms with E-state index in [9.17, 15) is 4.79 Å². The Balaban J connectivity index is 2.02. The Morgan fingerprint density at radius 3 is 3.00 bits per heavy atom. The van der Waals surface area contributed by atoms with Gasteiger partial charge in [-0.3, -0.25) is 9.78 Å². The van der Waals surface area contributed by atoms with Crippen LogP contribution in [0.3, 0.4) is 0 Å². The lowest BCUT2D eigenvalue weighted by molar-refractivity contribution is 0.0945. The van der Waals surface area contributed by atoms with E-state index in [-0.39, 0.29) is 16.8 Å². The highest BCUT2D eigenvalue weighted by Crippen LogP contribution is 2.05. The fraction of sp³-hybridized carbons (Fsp3) is 0.0769. The molecule has 1 aromatic heterocycles. The van der Waals surface area contributed by atoms with Gasteiger partial charge in [0.25, 0.3) is 5.91 Å². The van der Waals surface area contributed by atoms with Gasteiger partial charge in [0.2, 0.25) is 0 Å². The summed E-state index contributed by atoms with van der Waals surface area (Å²) in [5.74, 6) is -0.364. The number of nitrogens with one attached hydrogen (secondary N) is 1. The summed E-state index contributed by atoms with van der Waals surface area (Å²) in [5.41, 5.74) is 1.54. The van der Waals surface area contributed by atoms with Crippen LogP contribution in [0.5, 0.6) is 0 Å². The normalized spacial score (nSPS) is 9.68. The molecule has 0 aliphatic heterocycles. The van der Waals surface area contributed by atoms with Crippen LogP contribution in [0.2, 0.25) is 5.15 Å². The largest absolute Gasteiger partial charge is 0.347 e. The van der Waals surface area contributed by atoms with Gasteiger partial charge >= 0.3 is 0 Å². The molecule has 1 N–H and O–H groups in total. The second kappa shape index (κ2) is 5.94. The molecule has 0 radical (unpaired) electrons. The van der Waals surface area contributed by atoms with Crippen molar-refractivity contribution < 1.29 is 4.79 Å². The smallest absolute Gasteiger partial charge is 0.271 e. The zero-order valence-electron chi connectivity index (χ0n) is 9.80. The summed E-state index contributed by atoms with van der Waals surface area (Å²) >= 11 is 5.66. The molecule has 94 valence electrons. The highest BCUT2D eigenvalue weighted by atomic mass is 35.5. The number of amides is 1. The monoisotopic (exact) mass is 272 g/mol. The molecule has 6 heteroatoms. The van der Waals surface area contributed by atoms with Gasteiger partial charge in [-0.2, -0.15) is 5.26 Å². The van der Waals surface area contributed by atoms with E-state index in [2.05, 4.69) is 15.3 Å². The van der Waals surface area contributed by atoms with Gasteiger partial charge in [0.1, 0.15) is 10.8 Å². The molecule has 0 spiro atoms. The maximum absolute atomic E-state index is 11.8. The molecule has 0 aliphatic carbocycles. The molecule has 0 atom stereocenters. The molecular weight excluding hydrogens is 264 g/mol.